The lowest BCUT2D eigenvalue weighted by molar-refractivity contribution is 0.669. The van der Waals surface area contributed by atoms with Crippen LogP contribution in [-0.4, -0.2) is 34.3 Å². The molecule has 0 unspecified atom stereocenters. The van der Waals surface area contributed by atoms with Gasteiger partial charge in [0.25, 0.3) is 0 Å². The third-order valence-electron chi connectivity index (χ3n) is 3.36. The molecule has 0 aliphatic heterocycles. The van der Waals surface area contributed by atoms with Gasteiger partial charge in [-0.2, -0.15) is 5.10 Å². The molecule has 2 N–H and O–H groups in total. The van der Waals surface area contributed by atoms with E-state index in [0.29, 0.717) is 6.54 Å². The van der Waals surface area contributed by atoms with E-state index in [1.54, 1.807) is 24.6 Å². The van der Waals surface area contributed by atoms with Crippen molar-refractivity contribution < 1.29 is 0 Å². The van der Waals surface area contributed by atoms with Gasteiger partial charge in [-0.15, -0.1) is 11.3 Å². The summed E-state index contributed by atoms with van der Waals surface area (Å²) in [7, 11) is 3.73. The predicted molar refractivity (Wildman–Crippen MR) is 91.2 cm³/mol. The molecule has 2 rings (SSSR count). The number of aryl methyl sites for hydroxylation is 3. The largest absolute Gasteiger partial charge is 0.356 e. The molecular weight excluding hydrogens is 296 g/mol. The number of hydrogen-bond acceptors (Lipinski definition) is 4. The van der Waals surface area contributed by atoms with Crippen molar-refractivity contribution in [2.45, 2.75) is 32.7 Å². The van der Waals surface area contributed by atoms with Gasteiger partial charge in [0.1, 0.15) is 0 Å². The molecule has 7 heteroatoms. The third-order valence-corrected chi connectivity index (χ3v) is 4.39. The first-order valence-electron chi connectivity index (χ1n) is 7.51. The Morgan fingerprint density at radius 1 is 1.36 bits per heavy atom. The Labute approximate surface area is 135 Å². The van der Waals surface area contributed by atoms with Gasteiger partial charge in [0.05, 0.1) is 17.2 Å². The quantitative estimate of drug-likeness (QED) is 0.464. The molecule has 2 aromatic heterocycles. The Balaban J connectivity index is 1.61. The molecule has 2 aromatic rings. The second-order valence-corrected chi connectivity index (χ2v) is 6.08. The number of thiazole rings is 1. The van der Waals surface area contributed by atoms with Crippen molar-refractivity contribution in [1.29, 1.82) is 0 Å². The van der Waals surface area contributed by atoms with E-state index in [2.05, 4.69) is 31.1 Å². The molecule has 0 spiro atoms. The van der Waals surface area contributed by atoms with Crippen molar-refractivity contribution in [3.63, 3.8) is 0 Å². The molecule has 0 atom stereocenters. The fourth-order valence-electron chi connectivity index (χ4n) is 2.10. The van der Waals surface area contributed by atoms with Crippen LogP contribution in [0, 0.1) is 6.92 Å². The van der Waals surface area contributed by atoms with Crippen LogP contribution in [0.2, 0.25) is 0 Å². The van der Waals surface area contributed by atoms with Crippen molar-refractivity contribution in [2.24, 2.45) is 12.0 Å². The zero-order chi connectivity index (χ0) is 15.8. The number of rotatable bonds is 7. The zero-order valence-corrected chi connectivity index (χ0v) is 14.3. The van der Waals surface area contributed by atoms with Crippen LogP contribution >= 0.6 is 11.3 Å². The maximum Gasteiger partial charge on any atom is 0.191 e. The van der Waals surface area contributed by atoms with E-state index >= 15 is 0 Å². The lowest BCUT2D eigenvalue weighted by atomic mass is 10.2. The first kappa shape index (κ1) is 16.5. The highest BCUT2D eigenvalue weighted by Crippen LogP contribution is 2.11. The minimum Gasteiger partial charge on any atom is -0.356 e. The van der Waals surface area contributed by atoms with Crippen molar-refractivity contribution in [3.8, 4) is 0 Å². The Morgan fingerprint density at radius 2 is 2.23 bits per heavy atom. The van der Waals surface area contributed by atoms with Gasteiger partial charge >= 0.3 is 0 Å². The molecule has 0 aliphatic rings. The lowest BCUT2D eigenvalue weighted by Gasteiger charge is -2.11. The summed E-state index contributed by atoms with van der Waals surface area (Å²) in [5.41, 5.74) is 2.25. The first-order chi connectivity index (χ1) is 10.7. The molecule has 6 nitrogen and oxygen atoms in total. The molecular formula is C15H24N6S. The van der Waals surface area contributed by atoms with E-state index in [-0.39, 0.29) is 0 Å². The number of aromatic nitrogens is 3. The molecule has 0 aromatic carbocycles. The van der Waals surface area contributed by atoms with Crippen molar-refractivity contribution in [3.05, 3.63) is 34.0 Å². The number of guanidine groups is 1. The molecule has 22 heavy (non-hydrogen) atoms. The number of hydrogen-bond donors (Lipinski definition) is 2. The van der Waals surface area contributed by atoms with Gasteiger partial charge in [-0.25, -0.2) is 4.98 Å². The second-order valence-electron chi connectivity index (χ2n) is 5.14. The SMILES string of the molecule is CN=C(NCCCCc1nc(C)cs1)NCc1ccnn1C. The van der Waals surface area contributed by atoms with Crippen LogP contribution in [0.4, 0.5) is 0 Å². The minimum absolute atomic E-state index is 0.717. The predicted octanol–water partition coefficient (Wildman–Crippen LogP) is 1.87. The molecule has 2 heterocycles. The van der Waals surface area contributed by atoms with E-state index < -0.39 is 0 Å². The van der Waals surface area contributed by atoms with Gasteiger partial charge in [-0.1, -0.05) is 0 Å². The average molecular weight is 320 g/mol. The van der Waals surface area contributed by atoms with E-state index in [0.717, 1.165) is 43.2 Å². The highest BCUT2D eigenvalue weighted by Gasteiger charge is 2.02. The van der Waals surface area contributed by atoms with Crippen molar-refractivity contribution in [2.75, 3.05) is 13.6 Å². The fraction of sp³-hybridized carbons (Fsp3) is 0.533. The van der Waals surface area contributed by atoms with Gasteiger partial charge in [0, 0.05) is 37.9 Å². The zero-order valence-electron chi connectivity index (χ0n) is 13.5. The third kappa shape index (κ3) is 5.14. The summed E-state index contributed by atoms with van der Waals surface area (Å²) in [6, 6.07) is 2.00. The Bertz CT molecular complexity index is 601. The van der Waals surface area contributed by atoms with E-state index in [4.69, 9.17) is 0 Å². The van der Waals surface area contributed by atoms with Crippen LogP contribution in [0.25, 0.3) is 0 Å². The smallest absolute Gasteiger partial charge is 0.191 e. The van der Waals surface area contributed by atoms with Gasteiger partial charge in [-0.3, -0.25) is 9.67 Å². The molecule has 0 radical (unpaired) electrons. The number of nitrogens with zero attached hydrogens (tertiary/aromatic N) is 4. The van der Waals surface area contributed by atoms with Gasteiger partial charge in [-0.05, 0) is 32.3 Å². The molecule has 0 saturated heterocycles. The van der Waals surface area contributed by atoms with Gasteiger partial charge < -0.3 is 10.6 Å². The van der Waals surface area contributed by atoms with Gasteiger partial charge in [0.2, 0.25) is 0 Å². The number of unbranched alkanes of at least 4 members (excludes halogenated alkanes) is 1. The van der Waals surface area contributed by atoms with E-state index in [9.17, 15) is 0 Å². The van der Waals surface area contributed by atoms with E-state index in [1.165, 1.54) is 5.01 Å². The van der Waals surface area contributed by atoms with Crippen LogP contribution in [-0.2, 0) is 20.0 Å². The summed E-state index contributed by atoms with van der Waals surface area (Å²) in [6.45, 7) is 3.67. The first-order valence-corrected chi connectivity index (χ1v) is 8.39. The second kappa shape index (κ2) is 8.53. The monoisotopic (exact) mass is 320 g/mol. The van der Waals surface area contributed by atoms with Crippen LogP contribution in [0.1, 0.15) is 29.2 Å². The van der Waals surface area contributed by atoms with Crippen LogP contribution in [0.5, 0.6) is 0 Å². The topological polar surface area (TPSA) is 67.1 Å². The van der Waals surface area contributed by atoms with Crippen molar-refractivity contribution >= 4 is 17.3 Å². The summed E-state index contributed by atoms with van der Waals surface area (Å²) >= 11 is 1.75. The highest BCUT2D eigenvalue weighted by atomic mass is 32.1. The summed E-state index contributed by atoms with van der Waals surface area (Å²) in [5.74, 6) is 0.825. The maximum absolute atomic E-state index is 4.48. The maximum atomic E-state index is 4.48. The van der Waals surface area contributed by atoms with E-state index in [1.807, 2.05) is 24.7 Å². The average Bonchev–Trinajstić information content (AvgIpc) is 3.10. The number of nitrogens with one attached hydrogen (secondary N) is 2. The molecule has 0 fully saturated rings. The normalized spacial score (nSPS) is 11.7. The summed E-state index contributed by atoms with van der Waals surface area (Å²) < 4.78 is 1.86. The Hall–Kier alpha value is -1.89. The van der Waals surface area contributed by atoms with Gasteiger partial charge in [0.15, 0.2) is 5.96 Å². The Morgan fingerprint density at radius 3 is 2.86 bits per heavy atom. The molecule has 0 aliphatic carbocycles. The fourth-order valence-corrected chi connectivity index (χ4v) is 2.91. The summed E-state index contributed by atoms with van der Waals surface area (Å²) in [5, 5.41) is 14.1. The molecule has 120 valence electrons. The molecule has 0 bridgehead atoms. The lowest BCUT2D eigenvalue weighted by Crippen LogP contribution is -2.37. The van der Waals surface area contributed by atoms with Crippen LogP contribution < -0.4 is 10.6 Å². The highest BCUT2D eigenvalue weighted by molar-refractivity contribution is 7.09. The van der Waals surface area contributed by atoms with Crippen LogP contribution in [0.15, 0.2) is 22.6 Å². The summed E-state index contributed by atoms with van der Waals surface area (Å²) in [6.07, 6.45) is 5.10. The van der Waals surface area contributed by atoms with Crippen LogP contribution in [0.3, 0.4) is 0 Å². The molecule has 0 amide bonds. The summed E-state index contributed by atoms with van der Waals surface area (Å²) in [4.78, 5) is 8.71. The molecule has 0 saturated carbocycles. The number of aliphatic imine (C=N–C) groups is 1. The Kier molecular flexibility index (Phi) is 6.39. The minimum atomic E-state index is 0.717. The van der Waals surface area contributed by atoms with Crippen molar-refractivity contribution in [1.82, 2.24) is 25.4 Å². The standard InChI is InChI=1S/C15H24N6S/c1-12-11-22-14(20-12)6-4-5-8-17-15(16-2)18-10-13-7-9-19-21(13)3/h7,9,11H,4-6,8,10H2,1-3H3,(H2,16,17,18).